The molecule has 0 radical (unpaired) electrons. The topological polar surface area (TPSA) is 84.2 Å². The summed E-state index contributed by atoms with van der Waals surface area (Å²) in [5.41, 5.74) is 2.55. The molecule has 136 valence electrons. The molecule has 3 rings (SSSR count). The van der Waals surface area contributed by atoms with Crippen LogP contribution < -0.4 is 0 Å². The first-order chi connectivity index (χ1) is 11.9. The van der Waals surface area contributed by atoms with Crippen molar-refractivity contribution in [1.82, 2.24) is 28.4 Å². The third-order valence-electron chi connectivity index (χ3n) is 4.54. The molecule has 8 nitrogen and oxygen atoms in total. The minimum atomic E-state index is -3.39. The zero-order chi connectivity index (χ0) is 18.0. The van der Waals surface area contributed by atoms with Crippen LogP contribution in [0.25, 0.3) is 11.4 Å². The quantitative estimate of drug-likeness (QED) is 0.799. The Bertz CT molecular complexity index is 815. The highest BCUT2D eigenvalue weighted by atomic mass is 32.2. The maximum Gasteiger partial charge on any atom is 0.281 e. The largest absolute Gasteiger partial charge is 0.281 e. The summed E-state index contributed by atoms with van der Waals surface area (Å²) in [6, 6.07) is 1.92. The van der Waals surface area contributed by atoms with E-state index in [0.717, 1.165) is 36.5 Å². The standard InChI is InChI=1S/C16H24N6O2S/c1-4-22-16(7-8-19-22)15-11-17-14(10-18-15)13-6-5-9-21(12-13)25(23,24)20(2)3/h7-8,10-11,13H,4-6,9,12H2,1-3H3/t13-/m1/s1. The lowest BCUT2D eigenvalue weighted by molar-refractivity contribution is 0.296. The molecular weight excluding hydrogens is 340 g/mol. The van der Waals surface area contributed by atoms with Gasteiger partial charge in [0.2, 0.25) is 0 Å². The normalized spacial score (nSPS) is 19.4. The van der Waals surface area contributed by atoms with Crippen LogP contribution in [-0.2, 0) is 16.8 Å². The van der Waals surface area contributed by atoms with Crippen LogP contribution >= 0.6 is 0 Å². The van der Waals surface area contributed by atoms with Crippen molar-refractivity contribution < 1.29 is 8.42 Å². The Morgan fingerprint density at radius 1 is 1.28 bits per heavy atom. The van der Waals surface area contributed by atoms with E-state index < -0.39 is 10.2 Å². The van der Waals surface area contributed by atoms with E-state index in [9.17, 15) is 8.42 Å². The zero-order valence-electron chi connectivity index (χ0n) is 14.8. The van der Waals surface area contributed by atoms with E-state index in [-0.39, 0.29) is 5.92 Å². The minimum Gasteiger partial charge on any atom is -0.264 e. The van der Waals surface area contributed by atoms with Crippen LogP contribution in [0.4, 0.5) is 0 Å². The second kappa shape index (κ2) is 7.19. The number of aromatic nitrogens is 4. The molecule has 0 aromatic carbocycles. The average molecular weight is 364 g/mol. The Morgan fingerprint density at radius 3 is 2.72 bits per heavy atom. The van der Waals surface area contributed by atoms with Gasteiger partial charge in [-0.1, -0.05) is 0 Å². The smallest absolute Gasteiger partial charge is 0.264 e. The molecule has 25 heavy (non-hydrogen) atoms. The van der Waals surface area contributed by atoms with Crippen LogP contribution in [0.5, 0.6) is 0 Å². The number of nitrogens with zero attached hydrogens (tertiary/aromatic N) is 6. The summed E-state index contributed by atoms with van der Waals surface area (Å²) >= 11 is 0. The van der Waals surface area contributed by atoms with E-state index >= 15 is 0 Å². The Hall–Kier alpha value is -1.84. The first-order valence-electron chi connectivity index (χ1n) is 8.45. The SMILES string of the molecule is CCn1nccc1-c1cnc([C@@H]2CCCN(S(=O)(=O)N(C)C)C2)cn1. The number of hydrogen-bond acceptors (Lipinski definition) is 5. The summed E-state index contributed by atoms with van der Waals surface area (Å²) in [7, 11) is -0.267. The molecular formula is C16H24N6O2S. The van der Waals surface area contributed by atoms with Crippen LogP contribution in [0.3, 0.4) is 0 Å². The van der Waals surface area contributed by atoms with E-state index in [1.54, 1.807) is 32.7 Å². The van der Waals surface area contributed by atoms with Crippen molar-refractivity contribution in [2.45, 2.75) is 32.2 Å². The summed E-state index contributed by atoms with van der Waals surface area (Å²) < 4.78 is 29.4. The second-order valence-corrected chi connectivity index (χ2v) is 8.49. The van der Waals surface area contributed by atoms with Gasteiger partial charge in [0.15, 0.2) is 0 Å². The molecule has 3 heterocycles. The number of hydrogen-bond donors (Lipinski definition) is 0. The molecule has 2 aromatic heterocycles. The van der Waals surface area contributed by atoms with Gasteiger partial charge in [0.25, 0.3) is 10.2 Å². The van der Waals surface area contributed by atoms with Crippen LogP contribution in [0.15, 0.2) is 24.7 Å². The third-order valence-corrected chi connectivity index (χ3v) is 6.45. The lowest BCUT2D eigenvalue weighted by Gasteiger charge is -2.33. The van der Waals surface area contributed by atoms with E-state index in [1.165, 1.54) is 8.61 Å². The molecule has 1 fully saturated rings. The molecule has 9 heteroatoms. The van der Waals surface area contributed by atoms with Gasteiger partial charge in [-0.25, -0.2) is 0 Å². The third kappa shape index (κ3) is 3.58. The van der Waals surface area contributed by atoms with Crippen molar-refractivity contribution in [3.05, 3.63) is 30.4 Å². The average Bonchev–Trinajstić information content (AvgIpc) is 3.10. The van der Waals surface area contributed by atoms with Crippen molar-refractivity contribution in [2.75, 3.05) is 27.2 Å². The van der Waals surface area contributed by atoms with Gasteiger partial charge in [0, 0.05) is 52.0 Å². The number of piperidine rings is 1. The van der Waals surface area contributed by atoms with Gasteiger partial charge in [-0.3, -0.25) is 14.6 Å². The predicted octanol–water partition coefficient (Wildman–Crippen LogP) is 1.35. The van der Waals surface area contributed by atoms with Gasteiger partial charge in [-0.2, -0.15) is 22.1 Å². The van der Waals surface area contributed by atoms with Crippen molar-refractivity contribution in [2.24, 2.45) is 0 Å². The van der Waals surface area contributed by atoms with Crippen LogP contribution in [0, 0.1) is 0 Å². The molecule has 0 saturated carbocycles. The molecule has 1 saturated heterocycles. The molecule has 1 aliphatic rings. The van der Waals surface area contributed by atoms with E-state index in [0.29, 0.717) is 13.1 Å². The molecule has 0 bridgehead atoms. The second-order valence-electron chi connectivity index (χ2n) is 6.35. The molecule has 0 amide bonds. The maximum absolute atomic E-state index is 12.3. The molecule has 0 unspecified atom stereocenters. The monoisotopic (exact) mass is 364 g/mol. The van der Waals surface area contributed by atoms with Gasteiger partial charge in [0.1, 0.15) is 5.69 Å². The first kappa shape index (κ1) is 18.0. The highest BCUT2D eigenvalue weighted by Gasteiger charge is 2.31. The van der Waals surface area contributed by atoms with Crippen molar-refractivity contribution >= 4 is 10.2 Å². The summed E-state index contributed by atoms with van der Waals surface area (Å²) in [5.74, 6) is 0.0705. The lowest BCUT2D eigenvalue weighted by Crippen LogP contribution is -2.45. The summed E-state index contributed by atoms with van der Waals surface area (Å²) in [4.78, 5) is 9.08. The summed E-state index contributed by atoms with van der Waals surface area (Å²) in [5, 5.41) is 4.25. The van der Waals surface area contributed by atoms with Crippen molar-refractivity contribution in [3.63, 3.8) is 0 Å². The van der Waals surface area contributed by atoms with Crippen molar-refractivity contribution in [1.29, 1.82) is 0 Å². The minimum absolute atomic E-state index is 0.0705. The maximum atomic E-state index is 12.3. The van der Waals surface area contributed by atoms with E-state index in [4.69, 9.17) is 0 Å². The lowest BCUT2D eigenvalue weighted by atomic mass is 9.96. The fourth-order valence-corrected chi connectivity index (χ4v) is 4.30. The van der Waals surface area contributed by atoms with Gasteiger partial charge in [0.05, 0.1) is 17.6 Å². The zero-order valence-corrected chi connectivity index (χ0v) is 15.6. The van der Waals surface area contributed by atoms with Gasteiger partial charge in [-0.05, 0) is 25.8 Å². The van der Waals surface area contributed by atoms with E-state index in [1.807, 2.05) is 17.7 Å². The Morgan fingerprint density at radius 2 is 2.08 bits per heavy atom. The van der Waals surface area contributed by atoms with Crippen LogP contribution in [0.2, 0.25) is 0 Å². The molecule has 1 aliphatic heterocycles. The highest BCUT2D eigenvalue weighted by Crippen LogP contribution is 2.28. The molecule has 1 atom stereocenters. The van der Waals surface area contributed by atoms with Gasteiger partial charge >= 0.3 is 0 Å². The Balaban J connectivity index is 1.78. The Kier molecular flexibility index (Phi) is 5.16. The van der Waals surface area contributed by atoms with Crippen LogP contribution in [0.1, 0.15) is 31.4 Å². The molecule has 2 aromatic rings. The van der Waals surface area contributed by atoms with Gasteiger partial charge in [-0.15, -0.1) is 0 Å². The van der Waals surface area contributed by atoms with Crippen molar-refractivity contribution in [3.8, 4) is 11.4 Å². The summed E-state index contributed by atoms with van der Waals surface area (Å²) in [6.45, 7) is 3.80. The van der Waals surface area contributed by atoms with Crippen LogP contribution in [-0.4, -0.2) is 64.0 Å². The molecule has 0 N–H and O–H groups in total. The molecule has 0 aliphatic carbocycles. The number of aryl methyl sites for hydroxylation is 1. The highest BCUT2D eigenvalue weighted by molar-refractivity contribution is 7.86. The Labute approximate surface area is 148 Å². The number of rotatable bonds is 5. The predicted molar refractivity (Wildman–Crippen MR) is 95.1 cm³/mol. The fourth-order valence-electron chi connectivity index (χ4n) is 3.11. The van der Waals surface area contributed by atoms with Gasteiger partial charge < -0.3 is 0 Å². The summed E-state index contributed by atoms with van der Waals surface area (Å²) in [6.07, 6.45) is 7.00. The fraction of sp³-hybridized carbons (Fsp3) is 0.562. The molecule has 0 spiro atoms. The first-order valence-corrected chi connectivity index (χ1v) is 9.85. The van der Waals surface area contributed by atoms with E-state index in [2.05, 4.69) is 15.1 Å².